The van der Waals surface area contributed by atoms with Gasteiger partial charge in [-0.25, -0.2) is 0 Å². The van der Waals surface area contributed by atoms with Gasteiger partial charge in [0.05, 0.1) is 12.6 Å². The molecule has 2 aromatic rings. The summed E-state index contributed by atoms with van der Waals surface area (Å²) in [5.74, 6) is 6.87. The van der Waals surface area contributed by atoms with Crippen LogP contribution in [0.2, 0.25) is 0 Å². The molecule has 0 unspecified atom stereocenters. The first-order valence-electron chi connectivity index (χ1n) is 10.1. The first-order valence-corrected chi connectivity index (χ1v) is 10.1. The Morgan fingerprint density at radius 1 is 1.37 bits per heavy atom. The summed E-state index contributed by atoms with van der Waals surface area (Å²) in [4.78, 5) is 12.9. The Hall–Kier alpha value is -2.25. The fraction of sp³-hybridized carbons (Fsp3) is 0.522. The van der Waals surface area contributed by atoms with Crippen molar-refractivity contribution in [3.63, 3.8) is 0 Å². The Balaban J connectivity index is 1.76. The smallest absolute Gasteiger partial charge is 0.237 e. The van der Waals surface area contributed by atoms with Crippen LogP contribution in [0.3, 0.4) is 0 Å². The van der Waals surface area contributed by atoms with Crippen molar-refractivity contribution in [2.24, 2.45) is 5.92 Å². The number of rotatable bonds is 5. The van der Waals surface area contributed by atoms with E-state index in [1.807, 2.05) is 6.92 Å². The van der Waals surface area contributed by atoms with E-state index in [-0.39, 0.29) is 18.0 Å². The van der Waals surface area contributed by atoms with Gasteiger partial charge in [0.2, 0.25) is 5.91 Å². The molecule has 2 aliphatic rings. The Morgan fingerprint density at radius 3 is 2.89 bits per heavy atom. The van der Waals surface area contributed by atoms with Crippen LogP contribution in [0.5, 0.6) is 0 Å². The molecule has 0 saturated heterocycles. The molecule has 1 aliphatic carbocycles. The first-order chi connectivity index (χ1) is 13.1. The summed E-state index contributed by atoms with van der Waals surface area (Å²) >= 11 is 0. The van der Waals surface area contributed by atoms with Crippen LogP contribution in [-0.4, -0.2) is 22.6 Å². The minimum absolute atomic E-state index is 0.147. The molecule has 27 heavy (non-hydrogen) atoms. The number of amides is 1. The van der Waals surface area contributed by atoms with Crippen LogP contribution in [0.25, 0.3) is 10.9 Å². The molecule has 4 nitrogen and oxygen atoms in total. The molecule has 1 saturated carbocycles. The summed E-state index contributed by atoms with van der Waals surface area (Å²) in [7, 11) is 0. The number of hydrogen-bond acceptors (Lipinski definition) is 2. The standard InChI is InChI=1S/C23H29N3O/c1-4-5-11-26-14-16-13-20(23(27)24-17-9-10-17)25-19(12-15(2)3)18-7-6-8-21(26)22(16)18/h6-8,14-15,17,19-20,25H,9-13H2,1-3H3,(H,24,27)/t19-,20-/m0/s1. The maximum absolute atomic E-state index is 12.9. The summed E-state index contributed by atoms with van der Waals surface area (Å²) in [6.45, 7) is 7.06. The Labute approximate surface area is 161 Å². The van der Waals surface area contributed by atoms with Gasteiger partial charge >= 0.3 is 0 Å². The zero-order valence-electron chi connectivity index (χ0n) is 16.5. The quantitative estimate of drug-likeness (QED) is 0.798. The van der Waals surface area contributed by atoms with E-state index in [2.05, 4.69) is 65.3 Å². The zero-order chi connectivity index (χ0) is 19.0. The molecule has 1 fully saturated rings. The lowest BCUT2D eigenvalue weighted by Gasteiger charge is -2.25. The molecule has 1 amide bonds. The van der Waals surface area contributed by atoms with Crippen LogP contribution in [0.4, 0.5) is 0 Å². The number of carbonyl (C=O) groups is 1. The summed E-state index contributed by atoms with van der Waals surface area (Å²) in [5.41, 5.74) is 3.80. The molecule has 4 heteroatoms. The minimum atomic E-state index is -0.182. The summed E-state index contributed by atoms with van der Waals surface area (Å²) in [6.07, 6.45) is 6.18. The lowest BCUT2D eigenvalue weighted by molar-refractivity contribution is -0.123. The molecule has 0 spiro atoms. The predicted octanol–water partition coefficient (Wildman–Crippen LogP) is 3.54. The lowest BCUT2D eigenvalue weighted by Crippen LogP contribution is -2.47. The summed E-state index contributed by atoms with van der Waals surface area (Å²) < 4.78 is 2.23. The van der Waals surface area contributed by atoms with E-state index in [0.29, 0.717) is 18.5 Å². The first kappa shape index (κ1) is 18.1. The zero-order valence-corrected chi connectivity index (χ0v) is 16.5. The molecular formula is C23H29N3O. The third-order valence-electron chi connectivity index (χ3n) is 5.59. The molecule has 142 valence electrons. The van der Waals surface area contributed by atoms with E-state index in [1.54, 1.807) is 0 Å². The average molecular weight is 364 g/mol. The highest BCUT2D eigenvalue weighted by Gasteiger charge is 2.33. The molecule has 0 bridgehead atoms. The van der Waals surface area contributed by atoms with Gasteiger partial charge in [-0.15, -0.1) is 5.92 Å². The number of nitrogens with zero attached hydrogens (tertiary/aromatic N) is 1. The van der Waals surface area contributed by atoms with Crippen LogP contribution in [-0.2, 0) is 17.8 Å². The largest absolute Gasteiger partial charge is 0.352 e. The van der Waals surface area contributed by atoms with Crippen molar-refractivity contribution < 1.29 is 4.79 Å². The molecule has 0 radical (unpaired) electrons. The van der Waals surface area contributed by atoms with E-state index in [4.69, 9.17) is 0 Å². The molecular weight excluding hydrogens is 334 g/mol. The highest BCUT2D eigenvalue weighted by Crippen LogP contribution is 2.35. The monoisotopic (exact) mass is 363 g/mol. The third kappa shape index (κ3) is 3.75. The number of carbonyl (C=O) groups excluding carboxylic acids is 1. The van der Waals surface area contributed by atoms with Crippen LogP contribution >= 0.6 is 0 Å². The van der Waals surface area contributed by atoms with E-state index in [1.165, 1.54) is 22.0 Å². The molecule has 2 heterocycles. The second-order valence-corrected chi connectivity index (χ2v) is 8.34. The molecule has 1 aliphatic heterocycles. The SMILES string of the molecule is CC#CCn1cc2c3c(cccc31)[C@H](CC(C)C)N[C@H](C(=O)NC1CC1)C2. The Kier molecular flexibility index (Phi) is 4.97. The normalized spacial score (nSPS) is 21.6. The van der Waals surface area contributed by atoms with Gasteiger partial charge in [0.25, 0.3) is 0 Å². The highest BCUT2D eigenvalue weighted by molar-refractivity contribution is 5.90. The van der Waals surface area contributed by atoms with Crippen molar-refractivity contribution in [2.45, 2.75) is 71.1 Å². The number of aromatic nitrogens is 1. The average Bonchev–Trinajstić information content (AvgIpc) is 3.40. The van der Waals surface area contributed by atoms with Crippen molar-refractivity contribution in [2.75, 3.05) is 0 Å². The van der Waals surface area contributed by atoms with Gasteiger partial charge < -0.3 is 9.88 Å². The topological polar surface area (TPSA) is 46.1 Å². The Morgan fingerprint density at radius 2 is 2.19 bits per heavy atom. The van der Waals surface area contributed by atoms with Gasteiger partial charge in [0, 0.05) is 29.2 Å². The maximum atomic E-state index is 12.9. The van der Waals surface area contributed by atoms with Crippen LogP contribution in [0, 0.1) is 17.8 Å². The number of nitrogens with one attached hydrogen (secondary N) is 2. The fourth-order valence-electron chi connectivity index (χ4n) is 4.18. The number of benzene rings is 1. The summed E-state index contributed by atoms with van der Waals surface area (Å²) in [6, 6.07) is 6.94. The van der Waals surface area contributed by atoms with Gasteiger partial charge in [-0.2, -0.15) is 0 Å². The molecule has 1 aromatic heterocycles. The van der Waals surface area contributed by atoms with Crippen LogP contribution < -0.4 is 10.6 Å². The van der Waals surface area contributed by atoms with Crippen molar-refractivity contribution >= 4 is 16.8 Å². The van der Waals surface area contributed by atoms with Gasteiger partial charge in [-0.1, -0.05) is 31.9 Å². The molecule has 4 rings (SSSR count). The fourth-order valence-corrected chi connectivity index (χ4v) is 4.18. The highest BCUT2D eigenvalue weighted by atomic mass is 16.2. The van der Waals surface area contributed by atoms with E-state index in [0.717, 1.165) is 25.7 Å². The van der Waals surface area contributed by atoms with E-state index in [9.17, 15) is 4.79 Å². The van der Waals surface area contributed by atoms with Gasteiger partial charge in [-0.3, -0.25) is 10.1 Å². The minimum Gasteiger partial charge on any atom is -0.352 e. The van der Waals surface area contributed by atoms with E-state index >= 15 is 0 Å². The predicted molar refractivity (Wildman–Crippen MR) is 109 cm³/mol. The third-order valence-corrected chi connectivity index (χ3v) is 5.59. The second-order valence-electron chi connectivity index (χ2n) is 8.34. The molecule has 2 N–H and O–H groups in total. The molecule has 1 aromatic carbocycles. The van der Waals surface area contributed by atoms with Crippen LogP contribution in [0.15, 0.2) is 24.4 Å². The van der Waals surface area contributed by atoms with Crippen molar-refractivity contribution in [1.82, 2.24) is 15.2 Å². The Bertz CT molecular complexity index is 911. The van der Waals surface area contributed by atoms with E-state index < -0.39 is 0 Å². The number of hydrogen-bond donors (Lipinski definition) is 2. The van der Waals surface area contributed by atoms with Gasteiger partial charge in [-0.05, 0) is 55.7 Å². The van der Waals surface area contributed by atoms with Gasteiger partial charge in [0.15, 0.2) is 0 Å². The second kappa shape index (κ2) is 7.40. The maximum Gasteiger partial charge on any atom is 0.237 e. The van der Waals surface area contributed by atoms with Crippen molar-refractivity contribution in [3.8, 4) is 11.8 Å². The van der Waals surface area contributed by atoms with Crippen LogP contribution in [0.1, 0.15) is 57.2 Å². The van der Waals surface area contributed by atoms with Crippen molar-refractivity contribution in [3.05, 3.63) is 35.5 Å². The summed E-state index contributed by atoms with van der Waals surface area (Å²) in [5, 5.41) is 8.20. The molecule has 2 atom stereocenters. The van der Waals surface area contributed by atoms with Crippen molar-refractivity contribution in [1.29, 1.82) is 0 Å². The lowest BCUT2D eigenvalue weighted by atomic mass is 9.94. The van der Waals surface area contributed by atoms with Gasteiger partial charge in [0.1, 0.15) is 0 Å².